The fourth-order valence-electron chi connectivity index (χ4n) is 1.42. The summed E-state index contributed by atoms with van der Waals surface area (Å²) in [5.41, 5.74) is 0.365. The topological polar surface area (TPSA) is 26.3 Å². The van der Waals surface area contributed by atoms with Gasteiger partial charge in [0.25, 0.3) is 0 Å². The van der Waals surface area contributed by atoms with Crippen LogP contribution >= 0.6 is 11.6 Å². The van der Waals surface area contributed by atoms with Gasteiger partial charge in [0.2, 0.25) is 0 Å². The number of carbonyl (C=O) groups excluding carboxylic acids is 1. The van der Waals surface area contributed by atoms with Crippen LogP contribution in [0.25, 0.3) is 0 Å². The Balaban J connectivity index is 2.90. The lowest BCUT2D eigenvalue weighted by Gasteiger charge is -2.12. The molecule has 1 atom stereocenters. The van der Waals surface area contributed by atoms with Gasteiger partial charge in [-0.05, 0) is 18.1 Å². The lowest BCUT2D eigenvalue weighted by atomic mass is 9.97. The number of halogens is 2. The summed E-state index contributed by atoms with van der Waals surface area (Å²) in [6.45, 7) is 1.74. The second-order valence-electron chi connectivity index (χ2n) is 3.32. The highest BCUT2D eigenvalue weighted by molar-refractivity contribution is 6.31. The minimum absolute atomic E-state index is 0.122. The van der Waals surface area contributed by atoms with Crippen molar-refractivity contribution in [1.29, 1.82) is 0 Å². The fraction of sp³-hybridized carbons (Fsp3) is 0.364. The first-order valence-electron chi connectivity index (χ1n) is 4.57. The number of rotatable bonds is 3. The molecule has 0 saturated carbocycles. The third-order valence-corrected chi connectivity index (χ3v) is 2.52. The predicted octanol–water partition coefficient (Wildman–Crippen LogP) is 3.15. The van der Waals surface area contributed by atoms with Crippen molar-refractivity contribution >= 4 is 17.6 Å². The van der Waals surface area contributed by atoms with Gasteiger partial charge in [0.15, 0.2) is 0 Å². The first kappa shape index (κ1) is 12.0. The summed E-state index contributed by atoms with van der Waals surface area (Å²) in [6, 6.07) is 4.47. The molecule has 0 heterocycles. The molecule has 1 aromatic carbocycles. The summed E-state index contributed by atoms with van der Waals surface area (Å²) in [5.74, 6) is -1.05. The molecule has 0 radical (unpaired) electrons. The smallest absolute Gasteiger partial charge is 0.306 e. The Kier molecular flexibility index (Phi) is 4.09. The Hall–Kier alpha value is -1.09. The van der Waals surface area contributed by atoms with E-state index >= 15 is 0 Å². The normalized spacial score (nSPS) is 12.3. The number of methoxy groups -OCH3 is 1. The van der Waals surface area contributed by atoms with Gasteiger partial charge in [-0.25, -0.2) is 4.39 Å². The summed E-state index contributed by atoms with van der Waals surface area (Å²) < 4.78 is 17.9. The van der Waals surface area contributed by atoms with Crippen LogP contribution in [0, 0.1) is 5.82 Å². The van der Waals surface area contributed by atoms with Gasteiger partial charge in [0.1, 0.15) is 5.82 Å². The molecule has 0 spiro atoms. The molecule has 1 unspecified atom stereocenters. The summed E-state index contributed by atoms with van der Waals surface area (Å²) >= 11 is 5.86. The van der Waals surface area contributed by atoms with Crippen molar-refractivity contribution in [2.75, 3.05) is 7.11 Å². The van der Waals surface area contributed by atoms with Crippen molar-refractivity contribution in [3.63, 3.8) is 0 Å². The molecular weight excluding hydrogens is 219 g/mol. The zero-order valence-electron chi connectivity index (χ0n) is 8.59. The van der Waals surface area contributed by atoms with Crippen molar-refractivity contribution < 1.29 is 13.9 Å². The van der Waals surface area contributed by atoms with Crippen LogP contribution in [0.2, 0.25) is 5.02 Å². The highest BCUT2D eigenvalue weighted by atomic mass is 35.5. The molecule has 4 heteroatoms. The van der Waals surface area contributed by atoms with E-state index in [4.69, 9.17) is 11.6 Å². The molecule has 2 nitrogen and oxygen atoms in total. The highest BCUT2D eigenvalue weighted by Crippen LogP contribution is 2.29. The van der Waals surface area contributed by atoms with E-state index in [1.807, 2.05) is 0 Å². The van der Waals surface area contributed by atoms with Crippen LogP contribution in [0.15, 0.2) is 18.2 Å². The first-order chi connectivity index (χ1) is 7.06. The highest BCUT2D eigenvalue weighted by Gasteiger charge is 2.17. The summed E-state index contributed by atoms with van der Waals surface area (Å²) in [4.78, 5) is 11.0. The molecule has 0 aliphatic rings. The van der Waals surface area contributed by atoms with E-state index in [0.717, 1.165) is 0 Å². The van der Waals surface area contributed by atoms with Gasteiger partial charge >= 0.3 is 5.97 Å². The molecule has 0 aromatic heterocycles. The van der Waals surface area contributed by atoms with Gasteiger partial charge in [0, 0.05) is 10.6 Å². The Morgan fingerprint density at radius 3 is 2.80 bits per heavy atom. The standard InChI is InChI=1S/C11H12ClFO2/c1-7(6-10(14)15-2)11-8(12)4-3-5-9(11)13/h3-5,7H,6H2,1-2H3. The minimum Gasteiger partial charge on any atom is -0.469 e. The number of ether oxygens (including phenoxy) is 1. The van der Waals surface area contributed by atoms with Crippen LogP contribution in [-0.2, 0) is 9.53 Å². The lowest BCUT2D eigenvalue weighted by molar-refractivity contribution is -0.140. The molecule has 0 N–H and O–H groups in total. The molecule has 15 heavy (non-hydrogen) atoms. The van der Waals surface area contributed by atoms with Gasteiger partial charge in [0.05, 0.1) is 13.5 Å². The van der Waals surface area contributed by atoms with E-state index in [9.17, 15) is 9.18 Å². The first-order valence-corrected chi connectivity index (χ1v) is 4.94. The predicted molar refractivity (Wildman–Crippen MR) is 56.5 cm³/mol. The number of benzene rings is 1. The quantitative estimate of drug-likeness (QED) is 0.746. The molecule has 82 valence electrons. The fourth-order valence-corrected chi connectivity index (χ4v) is 1.77. The maximum Gasteiger partial charge on any atom is 0.306 e. The summed E-state index contributed by atoms with van der Waals surface area (Å²) in [7, 11) is 1.30. The molecule has 0 saturated heterocycles. The average Bonchev–Trinajstić information content (AvgIpc) is 2.17. The number of carbonyl (C=O) groups is 1. The largest absolute Gasteiger partial charge is 0.469 e. The molecular formula is C11H12ClFO2. The van der Waals surface area contributed by atoms with E-state index in [1.54, 1.807) is 13.0 Å². The third-order valence-electron chi connectivity index (χ3n) is 2.19. The lowest BCUT2D eigenvalue weighted by Crippen LogP contribution is -2.07. The zero-order valence-corrected chi connectivity index (χ0v) is 9.34. The molecule has 0 amide bonds. The van der Waals surface area contributed by atoms with Crippen LogP contribution < -0.4 is 0 Å². The zero-order chi connectivity index (χ0) is 11.4. The SMILES string of the molecule is COC(=O)CC(C)c1c(F)cccc1Cl. The maximum absolute atomic E-state index is 13.4. The molecule has 0 aliphatic carbocycles. The van der Waals surface area contributed by atoms with Crippen LogP contribution in [0.1, 0.15) is 24.8 Å². The van der Waals surface area contributed by atoms with Crippen LogP contribution in [0.3, 0.4) is 0 Å². The Bertz CT molecular complexity index is 345. The van der Waals surface area contributed by atoms with Crippen LogP contribution in [-0.4, -0.2) is 13.1 Å². The molecule has 1 aromatic rings. The monoisotopic (exact) mass is 230 g/mol. The van der Waals surface area contributed by atoms with Crippen molar-refractivity contribution in [2.45, 2.75) is 19.3 Å². The number of esters is 1. The molecule has 0 aliphatic heterocycles. The Morgan fingerprint density at radius 1 is 1.60 bits per heavy atom. The minimum atomic E-state index is -0.390. The second kappa shape index (κ2) is 5.12. The Labute approximate surface area is 93.0 Å². The van der Waals surface area contributed by atoms with Crippen molar-refractivity contribution in [2.24, 2.45) is 0 Å². The van der Waals surface area contributed by atoms with Crippen LogP contribution in [0.5, 0.6) is 0 Å². The average molecular weight is 231 g/mol. The number of hydrogen-bond acceptors (Lipinski definition) is 2. The van der Waals surface area contributed by atoms with Crippen molar-refractivity contribution in [3.05, 3.63) is 34.6 Å². The molecule has 1 rings (SSSR count). The maximum atomic E-state index is 13.4. The second-order valence-corrected chi connectivity index (χ2v) is 3.72. The summed E-state index contributed by atoms with van der Waals surface area (Å²) in [5, 5.41) is 0.339. The van der Waals surface area contributed by atoms with E-state index in [2.05, 4.69) is 4.74 Å². The van der Waals surface area contributed by atoms with Gasteiger partial charge < -0.3 is 4.74 Å². The van der Waals surface area contributed by atoms with Gasteiger partial charge in [-0.3, -0.25) is 4.79 Å². The number of hydrogen-bond donors (Lipinski definition) is 0. The van der Waals surface area contributed by atoms with Crippen LogP contribution in [0.4, 0.5) is 4.39 Å². The van der Waals surface area contributed by atoms with E-state index < -0.39 is 0 Å². The molecule has 0 fully saturated rings. The van der Waals surface area contributed by atoms with E-state index in [0.29, 0.717) is 10.6 Å². The van der Waals surface area contributed by atoms with E-state index in [-0.39, 0.29) is 24.1 Å². The third kappa shape index (κ3) is 2.93. The Morgan fingerprint density at radius 2 is 2.27 bits per heavy atom. The summed E-state index contributed by atoms with van der Waals surface area (Å²) in [6.07, 6.45) is 0.122. The van der Waals surface area contributed by atoms with Crippen molar-refractivity contribution in [3.8, 4) is 0 Å². The van der Waals surface area contributed by atoms with Gasteiger partial charge in [-0.2, -0.15) is 0 Å². The van der Waals surface area contributed by atoms with E-state index in [1.165, 1.54) is 19.2 Å². The van der Waals surface area contributed by atoms with Crippen molar-refractivity contribution in [1.82, 2.24) is 0 Å². The molecule has 0 bridgehead atoms. The van der Waals surface area contributed by atoms with Gasteiger partial charge in [-0.15, -0.1) is 0 Å². The van der Waals surface area contributed by atoms with Gasteiger partial charge in [-0.1, -0.05) is 24.6 Å².